The van der Waals surface area contributed by atoms with Crippen molar-refractivity contribution in [1.82, 2.24) is 10.0 Å². The molecule has 0 fully saturated rings. The first-order valence-corrected chi connectivity index (χ1v) is 7.92. The molecule has 0 unspecified atom stereocenters. The van der Waals surface area contributed by atoms with Crippen LogP contribution in [-0.4, -0.2) is 45.7 Å². The van der Waals surface area contributed by atoms with Gasteiger partial charge in [-0.05, 0) is 25.1 Å². The van der Waals surface area contributed by atoms with Crippen molar-refractivity contribution in [2.24, 2.45) is 0 Å². The fourth-order valence-corrected chi connectivity index (χ4v) is 3.18. The minimum absolute atomic E-state index is 0.0470. The van der Waals surface area contributed by atoms with Crippen LogP contribution in [0.3, 0.4) is 0 Å². The van der Waals surface area contributed by atoms with Crippen molar-refractivity contribution in [1.29, 1.82) is 0 Å². The van der Waals surface area contributed by atoms with Crippen LogP contribution in [0.2, 0.25) is 5.02 Å². The number of halogens is 1. The van der Waals surface area contributed by atoms with Gasteiger partial charge in [0.1, 0.15) is 10.6 Å². The molecule has 3 N–H and O–H groups in total. The molecular weight excluding hydrogens is 320 g/mol. The summed E-state index contributed by atoms with van der Waals surface area (Å²) in [5, 5.41) is 11.2. The largest absolute Gasteiger partial charge is 0.495 e. The molecular formula is C12H17ClN2O5S. The van der Waals surface area contributed by atoms with Crippen LogP contribution in [0, 0.1) is 0 Å². The topological polar surface area (TPSA) is 105 Å². The molecule has 0 heterocycles. The maximum absolute atomic E-state index is 12.3. The minimum atomic E-state index is -3.98. The average Bonchev–Trinajstić information content (AvgIpc) is 2.44. The highest BCUT2D eigenvalue weighted by Gasteiger charge is 2.25. The van der Waals surface area contributed by atoms with Gasteiger partial charge < -0.3 is 15.2 Å². The van der Waals surface area contributed by atoms with E-state index in [1.165, 1.54) is 32.2 Å². The van der Waals surface area contributed by atoms with Crippen molar-refractivity contribution < 1.29 is 23.1 Å². The van der Waals surface area contributed by atoms with Crippen LogP contribution in [0.15, 0.2) is 23.1 Å². The van der Waals surface area contributed by atoms with E-state index in [1.54, 1.807) is 0 Å². The molecule has 0 aromatic heterocycles. The molecule has 0 bridgehead atoms. The van der Waals surface area contributed by atoms with Crippen LogP contribution in [-0.2, 0) is 14.8 Å². The van der Waals surface area contributed by atoms with E-state index in [0.717, 1.165) is 0 Å². The normalized spacial score (nSPS) is 12.8. The third kappa shape index (κ3) is 4.85. The first-order valence-electron chi connectivity index (χ1n) is 6.06. The summed E-state index contributed by atoms with van der Waals surface area (Å²) >= 11 is 5.79. The molecule has 1 amide bonds. The van der Waals surface area contributed by atoms with E-state index in [-0.39, 0.29) is 28.8 Å². The Morgan fingerprint density at radius 1 is 1.48 bits per heavy atom. The van der Waals surface area contributed by atoms with Gasteiger partial charge in [0.25, 0.3) is 0 Å². The molecule has 0 aliphatic carbocycles. The second kappa shape index (κ2) is 7.60. The molecule has 1 aromatic carbocycles. The number of amides is 1. The van der Waals surface area contributed by atoms with Gasteiger partial charge in [0.05, 0.1) is 19.8 Å². The standard InChI is InChI=1S/C12H17ClN2O5S/c1-8(12(17)14-5-6-16)15-21(18,19)11-7-9(13)3-4-10(11)20-2/h3-4,7-8,15-16H,5-6H2,1-2H3,(H,14,17)/t8-/m1/s1. The zero-order valence-corrected chi connectivity index (χ0v) is 13.2. The Morgan fingerprint density at radius 2 is 2.14 bits per heavy atom. The lowest BCUT2D eigenvalue weighted by atomic mass is 10.3. The highest BCUT2D eigenvalue weighted by molar-refractivity contribution is 7.89. The first kappa shape index (κ1) is 17.7. The average molecular weight is 337 g/mol. The van der Waals surface area contributed by atoms with Crippen LogP contribution in [0.4, 0.5) is 0 Å². The molecule has 1 rings (SSSR count). The molecule has 0 radical (unpaired) electrons. The Balaban J connectivity index is 2.96. The van der Waals surface area contributed by atoms with Crippen LogP contribution in [0.25, 0.3) is 0 Å². The first-order chi connectivity index (χ1) is 9.81. The van der Waals surface area contributed by atoms with E-state index in [2.05, 4.69) is 10.0 Å². The van der Waals surface area contributed by atoms with Crippen LogP contribution in [0.5, 0.6) is 5.75 Å². The number of methoxy groups -OCH3 is 1. The summed E-state index contributed by atoms with van der Waals surface area (Å²) in [6.07, 6.45) is 0. The maximum Gasteiger partial charge on any atom is 0.245 e. The Kier molecular flexibility index (Phi) is 6.41. The zero-order chi connectivity index (χ0) is 16.0. The van der Waals surface area contributed by atoms with Crippen LogP contribution < -0.4 is 14.8 Å². The predicted molar refractivity (Wildman–Crippen MR) is 77.9 cm³/mol. The summed E-state index contributed by atoms with van der Waals surface area (Å²) in [4.78, 5) is 11.5. The van der Waals surface area contributed by atoms with Gasteiger partial charge in [-0.15, -0.1) is 0 Å². The monoisotopic (exact) mass is 336 g/mol. The maximum atomic E-state index is 12.3. The van der Waals surface area contributed by atoms with E-state index in [9.17, 15) is 13.2 Å². The minimum Gasteiger partial charge on any atom is -0.495 e. The molecule has 0 saturated carbocycles. The molecule has 21 heavy (non-hydrogen) atoms. The summed E-state index contributed by atoms with van der Waals surface area (Å²) in [6.45, 7) is 1.21. The number of hydrogen-bond donors (Lipinski definition) is 3. The quantitative estimate of drug-likeness (QED) is 0.656. The lowest BCUT2D eigenvalue weighted by Crippen LogP contribution is -2.45. The highest BCUT2D eigenvalue weighted by Crippen LogP contribution is 2.26. The predicted octanol–water partition coefficient (Wildman–Crippen LogP) is 0.124. The number of carbonyl (C=O) groups excluding carboxylic acids is 1. The third-order valence-electron chi connectivity index (χ3n) is 2.55. The van der Waals surface area contributed by atoms with E-state index in [0.29, 0.717) is 0 Å². The summed E-state index contributed by atoms with van der Waals surface area (Å²) in [5.74, 6) is -0.427. The van der Waals surface area contributed by atoms with E-state index in [1.807, 2.05) is 0 Å². The summed E-state index contributed by atoms with van der Waals surface area (Å²) in [6, 6.07) is 3.15. The molecule has 7 nitrogen and oxygen atoms in total. The Hall–Kier alpha value is -1.35. The molecule has 0 saturated heterocycles. The zero-order valence-electron chi connectivity index (χ0n) is 11.6. The fraction of sp³-hybridized carbons (Fsp3) is 0.417. The molecule has 0 aliphatic rings. The van der Waals surface area contributed by atoms with Gasteiger partial charge in [-0.1, -0.05) is 11.6 Å². The van der Waals surface area contributed by atoms with E-state index < -0.39 is 22.0 Å². The number of carbonyl (C=O) groups is 1. The lowest BCUT2D eigenvalue weighted by molar-refractivity contribution is -0.122. The number of aliphatic hydroxyl groups excluding tert-OH is 1. The smallest absolute Gasteiger partial charge is 0.245 e. The SMILES string of the molecule is COc1ccc(Cl)cc1S(=O)(=O)N[C@H](C)C(=O)NCCO. The summed E-state index contributed by atoms with van der Waals surface area (Å²) < 4.78 is 31.8. The van der Waals surface area contributed by atoms with Gasteiger partial charge >= 0.3 is 0 Å². The van der Waals surface area contributed by atoms with Crippen molar-refractivity contribution in [3.05, 3.63) is 23.2 Å². The van der Waals surface area contributed by atoms with Gasteiger partial charge in [-0.3, -0.25) is 4.79 Å². The second-order valence-corrected chi connectivity index (χ2v) is 6.27. The van der Waals surface area contributed by atoms with Gasteiger partial charge in [0, 0.05) is 11.6 Å². The van der Waals surface area contributed by atoms with Gasteiger partial charge in [0.15, 0.2) is 0 Å². The number of rotatable bonds is 7. The van der Waals surface area contributed by atoms with E-state index >= 15 is 0 Å². The number of hydrogen-bond acceptors (Lipinski definition) is 5. The molecule has 0 aliphatic heterocycles. The van der Waals surface area contributed by atoms with E-state index in [4.69, 9.17) is 21.4 Å². The number of aliphatic hydroxyl groups is 1. The van der Waals surface area contributed by atoms with Crippen molar-refractivity contribution >= 4 is 27.5 Å². The van der Waals surface area contributed by atoms with Gasteiger partial charge in [-0.2, -0.15) is 4.72 Å². The Morgan fingerprint density at radius 3 is 2.71 bits per heavy atom. The fourth-order valence-electron chi connectivity index (χ4n) is 1.54. The molecule has 9 heteroatoms. The third-order valence-corrected chi connectivity index (χ3v) is 4.35. The summed E-state index contributed by atoms with van der Waals surface area (Å²) in [5.41, 5.74) is 0. The molecule has 118 valence electrons. The number of benzene rings is 1. The molecule has 1 atom stereocenters. The molecule has 0 spiro atoms. The van der Waals surface area contributed by atoms with Crippen molar-refractivity contribution in [2.45, 2.75) is 17.9 Å². The van der Waals surface area contributed by atoms with Crippen LogP contribution in [0.1, 0.15) is 6.92 Å². The molecule has 1 aromatic rings. The van der Waals surface area contributed by atoms with Gasteiger partial charge in [-0.25, -0.2) is 8.42 Å². The van der Waals surface area contributed by atoms with Crippen molar-refractivity contribution in [2.75, 3.05) is 20.3 Å². The summed E-state index contributed by atoms with van der Waals surface area (Å²) in [7, 11) is -2.64. The number of nitrogens with one attached hydrogen (secondary N) is 2. The Labute approximate surface area is 128 Å². The highest BCUT2D eigenvalue weighted by atomic mass is 35.5. The van der Waals surface area contributed by atoms with Crippen LogP contribution >= 0.6 is 11.6 Å². The second-order valence-electron chi connectivity index (χ2n) is 4.15. The number of ether oxygens (including phenoxy) is 1. The number of sulfonamides is 1. The Bertz CT molecular complexity index is 606. The van der Waals surface area contributed by atoms with Gasteiger partial charge in [0.2, 0.25) is 15.9 Å². The van der Waals surface area contributed by atoms with Crippen molar-refractivity contribution in [3.63, 3.8) is 0 Å². The van der Waals surface area contributed by atoms with Crippen molar-refractivity contribution in [3.8, 4) is 5.75 Å². The lowest BCUT2D eigenvalue weighted by Gasteiger charge is -2.15.